The minimum atomic E-state index is 0.376. The number of hydrogen-bond donors (Lipinski definition) is 1. The van der Waals surface area contributed by atoms with E-state index in [0.29, 0.717) is 11.5 Å². The summed E-state index contributed by atoms with van der Waals surface area (Å²) >= 11 is 0. The van der Waals surface area contributed by atoms with E-state index in [0.717, 1.165) is 6.42 Å². The lowest BCUT2D eigenvalue weighted by atomic mass is 9.86. The van der Waals surface area contributed by atoms with Gasteiger partial charge in [-0.05, 0) is 43.0 Å². The maximum atomic E-state index is 4.03. The lowest BCUT2D eigenvalue weighted by Gasteiger charge is -2.25. The Bertz CT molecular complexity index is 274. The minimum absolute atomic E-state index is 0.376. The number of nitrogens with zero attached hydrogens (tertiary/aromatic N) is 1. The van der Waals surface area contributed by atoms with Crippen LogP contribution in [-0.2, 0) is 6.42 Å². The number of likely N-dealkylation sites (N-methyl/N-ethyl adjacent to an activating group) is 1. The van der Waals surface area contributed by atoms with Crippen LogP contribution in [0.3, 0.4) is 0 Å². The molecule has 0 aliphatic carbocycles. The molecule has 0 radical (unpaired) electrons. The molecule has 1 aromatic heterocycles. The van der Waals surface area contributed by atoms with Crippen LogP contribution in [-0.4, -0.2) is 18.1 Å². The number of aromatic nitrogens is 1. The smallest absolute Gasteiger partial charge is 0.0270 e. The van der Waals surface area contributed by atoms with E-state index in [2.05, 4.69) is 43.2 Å². The molecule has 2 nitrogen and oxygen atoms in total. The quantitative estimate of drug-likeness (QED) is 0.819. The Morgan fingerprint density at radius 2 is 1.87 bits per heavy atom. The van der Waals surface area contributed by atoms with Crippen LogP contribution >= 0.6 is 0 Å². The van der Waals surface area contributed by atoms with Crippen molar-refractivity contribution in [3.63, 3.8) is 0 Å². The molecule has 2 heteroatoms. The second-order valence-corrected chi connectivity index (χ2v) is 5.31. The number of nitrogens with one attached hydrogen (secondary N) is 1. The van der Waals surface area contributed by atoms with Gasteiger partial charge in [-0.2, -0.15) is 0 Å². The average Bonchev–Trinajstić information content (AvgIpc) is 2.16. The topological polar surface area (TPSA) is 24.9 Å². The van der Waals surface area contributed by atoms with E-state index in [9.17, 15) is 0 Å². The average molecular weight is 206 g/mol. The Hall–Kier alpha value is -0.890. The Balaban J connectivity index is 2.55. The maximum Gasteiger partial charge on any atom is 0.0270 e. The van der Waals surface area contributed by atoms with Gasteiger partial charge in [0.1, 0.15) is 0 Å². The van der Waals surface area contributed by atoms with E-state index in [-0.39, 0.29) is 0 Å². The summed E-state index contributed by atoms with van der Waals surface area (Å²) in [5, 5.41) is 3.39. The highest BCUT2D eigenvalue weighted by Gasteiger charge is 2.17. The third-order valence-corrected chi connectivity index (χ3v) is 2.50. The summed E-state index contributed by atoms with van der Waals surface area (Å²) < 4.78 is 0. The maximum absolute atomic E-state index is 4.03. The molecular formula is C13H22N2. The first-order valence-corrected chi connectivity index (χ1v) is 5.57. The standard InChI is InChI=1S/C13H22N2/c1-13(2,3)10-12(14-4)9-11-5-7-15-8-6-11/h5-8,12,14H,9-10H2,1-4H3. The molecule has 0 amide bonds. The predicted molar refractivity (Wildman–Crippen MR) is 64.9 cm³/mol. The molecule has 0 aromatic carbocycles. The highest BCUT2D eigenvalue weighted by Crippen LogP contribution is 2.22. The third-order valence-electron chi connectivity index (χ3n) is 2.50. The van der Waals surface area contributed by atoms with E-state index in [1.165, 1.54) is 12.0 Å². The fraction of sp³-hybridized carbons (Fsp3) is 0.615. The zero-order valence-corrected chi connectivity index (χ0v) is 10.2. The van der Waals surface area contributed by atoms with Crippen LogP contribution in [0.5, 0.6) is 0 Å². The molecule has 1 aromatic rings. The SMILES string of the molecule is CNC(Cc1ccncc1)CC(C)(C)C. The first-order chi connectivity index (χ1) is 7.01. The van der Waals surface area contributed by atoms with Crippen molar-refractivity contribution in [2.75, 3.05) is 7.05 Å². The number of hydrogen-bond acceptors (Lipinski definition) is 2. The van der Waals surface area contributed by atoms with Gasteiger partial charge in [-0.15, -0.1) is 0 Å². The van der Waals surface area contributed by atoms with E-state index in [4.69, 9.17) is 0 Å². The summed E-state index contributed by atoms with van der Waals surface area (Å²) in [6, 6.07) is 4.73. The second-order valence-electron chi connectivity index (χ2n) is 5.31. The lowest BCUT2D eigenvalue weighted by molar-refractivity contribution is 0.316. The van der Waals surface area contributed by atoms with E-state index in [1.807, 2.05) is 19.4 Å². The molecule has 0 spiro atoms. The molecule has 0 fully saturated rings. The van der Waals surface area contributed by atoms with E-state index >= 15 is 0 Å². The summed E-state index contributed by atoms with van der Waals surface area (Å²) in [4.78, 5) is 4.03. The summed E-state index contributed by atoms with van der Waals surface area (Å²) in [5.41, 5.74) is 1.73. The van der Waals surface area contributed by atoms with Crippen molar-refractivity contribution in [1.82, 2.24) is 10.3 Å². The molecule has 1 N–H and O–H groups in total. The van der Waals surface area contributed by atoms with Crippen LogP contribution < -0.4 is 5.32 Å². The van der Waals surface area contributed by atoms with Crippen LogP contribution in [0.2, 0.25) is 0 Å². The summed E-state index contributed by atoms with van der Waals surface area (Å²) in [6.07, 6.45) is 5.99. The van der Waals surface area contributed by atoms with Gasteiger partial charge >= 0.3 is 0 Å². The van der Waals surface area contributed by atoms with Gasteiger partial charge in [0, 0.05) is 18.4 Å². The van der Waals surface area contributed by atoms with Gasteiger partial charge in [-0.25, -0.2) is 0 Å². The highest BCUT2D eigenvalue weighted by atomic mass is 14.9. The molecule has 84 valence electrons. The first-order valence-electron chi connectivity index (χ1n) is 5.57. The van der Waals surface area contributed by atoms with Gasteiger partial charge in [-0.3, -0.25) is 4.98 Å². The second kappa shape index (κ2) is 5.26. The minimum Gasteiger partial charge on any atom is -0.317 e. The lowest BCUT2D eigenvalue weighted by Crippen LogP contribution is -2.32. The van der Waals surface area contributed by atoms with Gasteiger partial charge in [0.25, 0.3) is 0 Å². The fourth-order valence-corrected chi connectivity index (χ4v) is 1.82. The van der Waals surface area contributed by atoms with Crippen LogP contribution in [0, 0.1) is 5.41 Å². The van der Waals surface area contributed by atoms with Crippen molar-refractivity contribution in [3.8, 4) is 0 Å². The zero-order valence-electron chi connectivity index (χ0n) is 10.2. The molecule has 0 saturated carbocycles. The van der Waals surface area contributed by atoms with Gasteiger partial charge in [0.2, 0.25) is 0 Å². The monoisotopic (exact) mass is 206 g/mol. The van der Waals surface area contributed by atoms with Crippen molar-refractivity contribution in [2.45, 2.75) is 39.7 Å². The van der Waals surface area contributed by atoms with Gasteiger partial charge in [0.15, 0.2) is 0 Å². The Morgan fingerprint density at radius 1 is 1.27 bits per heavy atom. The molecule has 1 heterocycles. The fourth-order valence-electron chi connectivity index (χ4n) is 1.82. The Kier molecular flexibility index (Phi) is 4.28. The van der Waals surface area contributed by atoms with Crippen LogP contribution in [0.25, 0.3) is 0 Å². The van der Waals surface area contributed by atoms with E-state index < -0.39 is 0 Å². The predicted octanol–water partition coefficient (Wildman–Crippen LogP) is 2.65. The third kappa shape index (κ3) is 4.93. The largest absolute Gasteiger partial charge is 0.317 e. The van der Waals surface area contributed by atoms with Crippen molar-refractivity contribution >= 4 is 0 Å². The molecule has 0 bridgehead atoms. The molecule has 1 unspecified atom stereocenters. The van der Waals surface area contributed by atoms with Crippen molar-refractivity contribution < 1.29 is 0 Å². The Labute approximate surface area is 93.1 Å². The van der Waals surface area contributed by atoms with Gasteiger partial charge < -0.3 is 5.32 Å². The number of pyridine rings is 1. The molecule has 1 rings (SSSR count). The first kappa shape index (κ1) is 12.2. The van der Waals surface area contributed by atoms with Crippen LogP contribution in [0.1, 0.15) is 32.8 Å². The van der Waals surface area contributed by atoms with Crippen LogP contribution in [0.15, 0.2) is 24.5 Å². The van der Waals surface area contributed by atoms with E-state index in [1.54, 1.807) is 0 Å². The van der Waals surface area contributed by atoms with Crippen LogP contribution in [0.4, 0.5) is 0 Å². The van der Waals surface area contributed by atoms with Crippen molar-refractivity contribution in [1.29, 1.82) is 0 Å². The summed E-state index contributed by atoms with van der Waals surface area (Å²) in [6.45, 7) is 6.84. The summed E-state index contributed by atoms with van der Waals surface area (Å²) in [5.74, 6) is 0. The summed E-state index contributed by atoms with van der Waals surface area (Å²) in [7, 11) is 2.04. The van der Waals surface area contributed by atoms with Crippen molar-refractivity contribution in [2.24, 2.45) is 5.41 Å². The molecule has 0 aliphatic heterocycles. The van der Waals surface area contributed by atoms with Crippen molar-refractivity contribution in [3.05, 3.63) is 30.1 Å². The highest BCUT2D eigenvalue weighted by molar-refractivity contribution is 5.11. The molecule has 1 atom stereocenters. The zero-order chi connectivity index (χ0) is 11.3. The van der Waals surface area contributed by atoms with Gasteiger partial charge in [-0.1, -0.05) is 20.8 Å². The normalized spacial score (nSPS) is 13.9. The molecule has 0 saturated heterocycles. The number of rotatable bonds is 4. The van der Waals surface area contributed by atoms with Gasteiger partial charge in [0.05, 0.1) is 0 Å². The Morgan fingerprint density at radius 3 is 2.33 bits per heavy atom. The molecule has 0 aliphatic rings. The molecule has 15 heavy (non-hydrogen) atoms. The molecular weight excluding hydrogens is 184 g/mol.